The van der Waals surface area contributed by atoms with Crippen molar-refractivity contribution in [1.82, 2.24) is 14.5 Å². The first-order valence-electron chi connectivity index (χ1n) is 10.7. The van der Waals surface area contributed by atoms with E-state index in [1.54, 1.807) is 7.05 Å². The molecule has 168 valence electrons. The number of sulfonamides is 1. The number of hydrogen-bond acceptors (Lipinski definition) is 6. The average Bonchev–Trinajstić information content (AvgIpc) is 3.26. The molecule has 32 heavy (non-hydrogen) atoms. The first-order valence-corrected chi connectivity index (χ1v) is 12.1. The van der Waals surface area contributed by atoms with Gasteiger partial charge in [-0.2, -0.15) is 4.31 Å². The molecule has 1 aliphatic rings. The first-order chi connectivity index (χ1) is 15.4. The number of rotatable bonds is 7. The summed E-state index contributed by atoms with van der Waals surface area (Å²) in [4.78, 5) is 12.7. The lowest BCUT2D eigenvalue weighted by Gasteiger charge is -2.30. The number of nitrogens with one attached hydrogen (secondary N) is 1. The standard InChI is InChI=1S/C23H26N4O4S/c1-27(19-10-6-3-7-11-19)32(29,30)20-14-12-18(13-15-20)22(28)24-23-26-25-21(31-23)16-17-8-4-2-5-9-17/h2,4-5,8-9,12-15,19H,3,6-7,10-11,16H2,1H3,(H,24,26,28). The van der Waals surface area contributed by atoms with Gasteiger partial charge in [-0.1, -0.05) is 54.7 Å². The van der Waals surface area contributed by atoms with E-state index in [4.69, 9.17) is 4.42 Å². The quantitative estimate of drug-likeness (QED) is 0.581. The highest BCUT2D eigenvalue weighted by Gasteiger charge is 2.29. The largest absolute Gasteiger partial charge is 0.407 e. The van der Waals surface area contributed by atoms with Gasteiger partial charge >= 0.3 is 6.01 Å². The normalized spacial score (nSPS) is 15.1. The Morgan fingerprint density at radius 3 is 2.41 bits per heavy atom. The van der Waals surface area contributed by atoms with E-state index in [0.29, 0.717) is 17.9 Å². The fraction of sp³-hybridized carbons (Fsp3) is 0.348. The van der Waals surface area contributed by atoms with E-state index in [0.717, 1.165) is 37.7 Å². The van der Waals surface area contributed by atoms with Gasteiger partial charge in [-0.25, -0.2) is 8.42 Å². The van der Waals surface area contributed by atoms with E-state index in [1.807, 2.05) is 30.3 Å². The lowest BCUT2D eigenvalue weighted by atomic mass is 9.96. The zero-order chi connectivity index (χ0) is 22.6. The van der Waals surface area contributed by atoms with Crippen molar-refractivity contribution in [3.63, 3.8) is 0 Å². The van der Waals surface area contributed by atoms with Crippen molar-refractivity contribution in [2.75, 3.05) is 12.4 Å². The predicted octanol–water partition coefficient (Wildman–Crippen LogP) is 3.87. The summed E-state index contributed by atoms with van der Waals surface area (Å²) in [6.45, 7) is 0. The van der Waals surface area contributed by atoms with Crippen molar-refractivity contribution >= 4 is 21.9 Å². The molecule has 0 bridgehead atoms. The van der Waals surface area contributed by atoms with Crippen LogP contribution in [0.5, 0.6) is 0 Å². The van der Waals surface area contributed by atoms with Crippen molar-refractivity contribution in [3.8, 4) is 0 Å². The number of aromatic nitrogens is 2. The molecule has 9 heteroatoms. The molecule has 8 nitrogen and oxygen atoms in total. The molecule has 4 rings (SSSR count). The average molecular weight is 455 g/mol. The number of carbonyl (C=O) groups excluding carboxylic acids is 1. The van der Waals surface area contributed by atoms with E-state index in [-0.39, 0.29) is 17.0 Å². The zero-order valence-electron chi connectivity index (χ0n) is 17.9. The number of anilines is 1. The Balaban J connectivity index is 1.40. The Hall–Kier alpha value is -3.04. The third-order valence-electron chi connectivity index (χ3n) is 5.77. The zero-order valence-corrected chi connectivity index (χ0v) is 18.7. The Bertz CT molecular complexity index is 1150. The number of carbonyl (C=O) groups is 1. The van der Waals surface area contributed by atoms with Gasteiger partial charge < -0.3 is 4.42 Å². The van der Waals surface area contributed by atoms with Crippen LogP contribution in [-0.4, -0.2) is 41.9 Å². The van der Waals surface area contributed by atoms with Crippen LogP contribution in [0.3, 0.4) is 0 Å². The Kier molecular flexibility index (Phi) is 6.66. The molecule has 0 spiro atoms. The van der Waals surface area contributed by atoms with Crippen molar-refractivity contribution in [3.05, 3.63) is 71.6 Å². The minimum absolute atomic E-state index is 0.00494. The van der Waals surface area contributed by atoms with Gasteiger partial charge in [0.15, 0.2) is 0 Å². The molecule has 2 aromatic carbocycles. The summed E-state index contributed by atoms with van der Waals surface area (Å²) in [5.41, 5.74) is 1.32. The van der Waals surface area contributed by atoms with Crippen molar-refractivity contribution < 1.29 is 17.6 Å². The molecule has 0 atom stereocenters. The summed E-state index contributed by atoms with van der Waals surface area (Å²) < 4.78 is 32.9. The van der Waals surface area contributed by atoms with Gasteiger partial charge in [-0.15, -0.1) is 5.10 Å². The maximum Gasteiger partial charge on any atom is 0.322 e. The van der Waals surface area contributed by atoms with Crippen LogP contribution < -0.4 is 5.32 Å². The van der Waals surface area contributed by atoms with E-state index in [2.05, 4.69) is 15.5 Å². The summed E-state index contributed by atoms with van der Waals surface area (Å²) in [6, 6.07) is 15.6. The van der Waals surface area contributed by atoms with Crippen LogP contribution in [0.15, 0.2) is 63.9 Å². The fourth-order valence-electron chi connectivity index (χ4n) is 3.90. The smallest absolute Gasteiger partial charge is 0.322 e. The van der Waals surface area contributed by atoms with Crippen LogP contribution in [0.2, 0.25) is 0 Å². The molecule has 1 saturated carbocycles. The van der Waals surface area contributed by atoms with E-state index < -0.39 is 15.9 Å². The van der Waals surface area contributed by atoms with Crippen LogP contribution in [-0.2, 0) is 16.4 Å². The first kappa shape index (κ1) is 22.2. The summed E-state index contributed by atoms with van der Waals surface area (Å²) in [5.74, 6) is -0.0665. The Morgan fingerprint density at radius 1 is 1.03 bits per heavy atom. The topological polar surface area (TPSA) is 105 Å². The van der Waals surface area contributed by atoms with Crippen molar-refractivity contribution in [2.45, 2.75) is 49.5 Å². The molecule has 1 N–H and O–H groups in total. The predicted molar refractivity (Wildman–Crippen MR) is 120 cm³/mol. The van der Waals surface area contributed by atoms with Gasteiger partial charge in [0.2, 0.25) is 15.9 Å². The van der Waals surface area contributed by atoms with Gasteiger partial charge in [-0.05, 0) is 42.7 Å². The second kappa shape index (κ2) is 9.62. The number of hydrogen-bond donors (Lipinski definition) is 1. The summed E-state index contributed by atoms with van der Waals surface area (Å²) in [5, 5.41) is 10.4. The molecule has 1 amide bonds. The minimum atomic E-state index is -3.61. The maximum atomic E-state index is 12.9. The third kappa shape index (κ3) is 5.05. The van der Waals surface area contributed by atoms with Gasteiger partial charge in [0.25, 0.3) is 5.91 Å². The molecule has 0 saturated heterocycles. The molecule has 3 aromatic rings. The highest BCUT2D eigenvalue weighted by atomic mass is 32.2. The highest BCUT2D eigenvalue weighted by Crippen LogP contribution is 2.26. The van der Waals surface area contributed by atoms with E-state index >= 15 is 0 Å². The summed E-state index contributed by atoms with van der Waals surface area (Å²) in [6.07, 6.45) is 5.48. The second-order valence-corrected chi connectivity index (χ2v) is 9.95. The van der Waals surface area contributed by atoms with Crippen molar-refractivity contribution in [2.24, 2.45) is 0 Å². The molecular weight excluding hydrogens is 428 g/mol. The number of benzene rings is 2. The van der Waals surface area contributed by atoms with Gasteiger partial charge in [0.05, 0.1) is 11.3 Å². The van der Waals surface area contributed by atoms with Crippen molar-refractivity contribution in [1.29, 1.82) is 0 Å². The lowest BCUT2D eigenvalue weighted by molar-refractivity contribution is 0.102. The molecule has 0 radical (unpaired) electrons. The summed E-state index contributed by atoms with van der Waals surface area (Å²) in [7, 11) is -1.97. The molecular formula is C23H26N4O4S. The monoisotopic (exact) mass is 454 g/mol. The fourth-order valence-corrected chi connectivity index (χ4v) is 5.32. The van der Waals surface area contributed by atoms with Gasteiger partial charge in [0, 0.05) is 18.7 Å². The molecule has 0 unspecified atom stereocenters. The Morgan fingerprint density at radius 2 is 1.72 bits per heavy atom. The minimum Gasteiger partial charge on any atom is -0.407 e. The van der Waals surface area contributed by atoms with E-state index in [9.17, 15) is 13.2 Å². The molecule has 1 aromatic heterocycles. The number of amides is 1. The maximum absolute atomic E-state index is 12.9. The summed E-state index contributed by atoms with van der Waals surface area (Å²) >= 11 is 0. The highest BCUT2D eigenvalue weighted by molar-refractivity contribution is 7.89. The third-order valence-corrected chi connectivity index (χ3v) is 7.69. The second-order valence-electron chi connectivity index (χ2n) is 7.95. The SMILES string of the molecule is CN(C1CCCCC1)S(=O)(=O)c1ccc(C(=O)Nc2nnc(Cc3ccccc3)o2)cc1. The van der Waals surface area contributed by atoms with Crippen LogP contribution in [0.4, 0.5) is 6.01 Å². The van der Waals surface area contributed by atoms with Crippen LogP contribution >= 0.6 is 0 Å². The molecule has 0 aliphatic heterocycles. The van der Waals surface area contributed by atoms with Crippen LogP contribution in [0.25, 0.3) is 0 Å². The molecule has 1 heterocycles. The lowest BCUT2D eigenvalue weighted by Crippen LogP contribution is -2.38. The van der Waals surface area contributed by atoms with Crippen LogP contribution in [0.1, 0.15) is 53.9 Å². The van der Waals surface area contributed by atoms with E-state index in [1.165, 1.54) is 28.6 Å². The Labute approximate surface area is 187 Å². The number of nitrogens with zero attached hydrogens (tertiary/aromatic N) is 3. The molecule has 1 aliphatic carbocycles. The van der Waals surface area contributed by atoms with Crippen LogP contribution in [0, 0.1) is 0 Å². The van der Waals surface area contributed by atoms with Gasteiger partial charge in [-0.3, -0.25) is 10.1 Å². The molecule has 1 fully saturated rings. The van der Waals surface area contributed by atoms with Gasteiger partial charge in [0.1, 0.15) is 0 Å².